The minimum absolute atomic E-state index is 0.0895. The van der Waals surface area contributed by atoms with Crippen LogP contribution >= 0.6 is 7.82 Å². The van der Waals surface area contributed by atoms with Gasteiger partial charge in [0, 0.05) is 33.4 Å². The van der Waals surface area contributed by atoms with E-state index in [0.717, 1.165) is 0 Å². The molecule has 3 atom stereocenters. The van der Waals surface area contributed by atoms with E-state index in [1.807, 2.05) is 0 Å². The van der Waals surface area contributed by atoms with Crippen LogP contribution in [0.2, 0.25) is 0 Å². The van der Waals surface area contributed by atoms with Crippen LogP contribution in [0.15, 0.2) is 91.1 Å². The van der Waals surface area contributed by atoms with Gasteiger partial charge in [0.25, 0.3) is 0 Å². The maximum Gasteiger partial charge on any atom is 0.647 e. The van der Waals surface area contributed by atoms with Crippen molar-refractivity contribution in [1.82, 2.24) is 0 Å². The molecule has 0 radical (unpaired) electrons. The molecule has 3 aromatic carbocycles. The lowest BCUT2D eigenvalue weighted by Crippen LogP contribution is -2.16. The maximum atomic E-state index is 15.3. The van der Waals surface area contributed by atoms with Crippen molar-refractivity contribution in [3.63, 3.8) is 0 Å². The van der Waals surface area contributed by atoms with Crippen molar-refractivity contribution in [1.29, 1.82) is 0 Å². The first-order valence-electron chi connectivity index (χ1n) is 15.9. The van der Waals surface area contributed by atoms with Gasteiger partial charge in [-0.25, -0.2) is 14.4 Å². The standard InChI is InChI=1S/C39H45O10P/c1-22(2)37(40)44-28(10)31-19-13-16-25(7)34(31)47-50(43,48-35-26(8)17-14-20-32(35)29(11)45-38(41)23(3)4)49-36-27(9)18-15-21-33(36)30(12)46-39(42)24(5)6/h13-21,28-30H,1,3,5H2,2,4,6-12H3. The fourth-order valence-corrected chi connectivity index (χ4v) is 6.26. The summed E-state index contributed by atoms with van der Waals surface area (Å²) in [6.45, 7) is 25.6. The van der Waals surface area contributed by atoms with Crippen LogP contribution in [0, 0.1) is 20.8 Å². The lowest BCUT2D eigenvalue weighted by atomic mass is 10.1. The molecule has 0 saturated carbocycles. The van der Waals surface area contributed by atoms with Crippen molar-refractivity contribution in [3.05, 3.63) is 124 Å². The van der Waals surface area contributed by atoms with Gasteiger partial charge in [-0.3, -0.25) is 0 Å². The number of rotatable bonds is 15. The molecule has 0 N–H and O–H groups in total. The molecule has 3 unspecified atom stereocenters. The number of esters is 3. The first-order chi connectivity index (χ1) is 23.3. The van der Waals surface area contributed by atoms with Crippen LogP contribution in [0.4, 0.5) is 0 Å². The number of benzene rings is 3. The number of phosphoric ester groups is 1. The summed E-state index contributed by atoms with van der Waals surface area (Å²) < 4.78 is 51.0. The van der Waals surface area contributed by atoms with Crippen LogP contribution in [0.1, 0.15) is 93.2 Å². The lowest BCUT2D eigenvalue weighted by Gasteiger charge is -2.27. The Morgan fingerprint density at radius 3 is 0.980 bits per heavy atom. The van der Waals surface area contributed by atoms with Gasteiger partial charge >= 0.3 is 25.7 Å². The molecule has 0 saturated heterocycles. The van der Waals surface area contributed by atoms with Gasteiger partial charge in [0.15, 0.2) is 0 Å². The minimum Gasteiger partial charge on any atom is -0.454 e. The number of aryl methyl sites for hydroxylation is 3. The fourth-order valence-electron chi connectivity index (χ4n) is 4.73. The number of phosphoric acid groups is 1. The van der Waals surface area contributed by atoms with Crippen LogP contribution in [0.25, 0.3) is 0 Å². The first kappa shape index (κ1) is 39.4. The molecular formula is C39H45O10P. The number of hydrogen-bond acceptors (Lipinski definition) is 10. The van der Waals surface area contributed by atoms with E-state index in [0.29, 0.717) is 33.4 Å². The summed E-state index contributed by atoms with van der Waals surface area (Å²) in [5, 5.41) is 0. The largest absolute Gasteiger partial charge is 0.647 e. The zero-order valence-corrected chi connectivity index (χ0v) is 31.0. The quantitative estimate of drug-likeness (QED) is 0.0654. The molecule has 50 heavy (non-hydrogen) atoms. The zero-order valence-electron chi connectivity index (χ0n) is 30.1. The molecular weight excluding hydrogens is 659 g/mol. The smallest absolute Gasteiger partial charge is 0.454 e. The molecule has 0 amide bonds. The van der Waals surface area contributed by atoms with E-state index < -0.39 is 44.0 Å². The van der Waals surface area contributed by atoms with Crippen molar-refractivity contribution in [2.45, 2.75) is 80.6 Å². The lowest BCUT2D eigenvalue weighted by molar-refractivity contribution is -0.144. The Balaban J connectivity index is 2.24. The second-order valence-electron chi connectivity index (χ2n) is 12.2. The molecule has 0 heterocycles. The molecule has 3 aromatic rings. The summed E-state index contributed by atoms with van der Waals surface area (Å²) in [5.74, 6) is -1.59. The van der Waals surface area contributed by atoms with Crippen molar-refractivity contribution >= 4 is 25.7 Å². The summed E-state index contributed by atoms with van der Waals surface area (Å²) in [6, 6.07) is 15.4. The number of ether oxygens (including phenoxy) is 3. The number of para-hydroxylation sites is 3. The topological polar surface area (TPSA) is 124 Å². The molecule has 0 fully saturated rings. The highest BCUT2D eigenvalue weighted by atomic mass is 31.2. The molecule has 0 bridgehead atoms. The molecule has 0 aliphatic carbocycles. The van der Waals surface area contributed by atoms with E-state index in [1.54, 1.807) is 96.1 Å². The minimum atomic E-state index is -4.80. The van der Waals surface area contributed by atoms with E-state index in [-0.39, 0.29) is 34.0 Å². The highest BCUT2D eigenvalue weighted by molar-refractivity contribution is 7.49. The summed E-state index contributed by atoms with van der Waals surface area (Å²) in [6.07, 6.45) is -2.56. The number of carbonyl (C=O) groups is 3. The van der Waals surface area contributed by atoms with Gasteiger partial charge < -0.3 is 27.8 Å². The van der Waals surface area contributed by atoms with Crippen LogP contribution in [-0.4, -0.2) is 17.9 Å². The summed E-state index contributed by atoms with van der Waals surface area (Å²) in [5.41, 5.74) is 3.37. The molecule has 0 spiro atoms. The second kappa shape index (κ2) is 16.5. The Morgan fingerprint density at radius 1 is 0.520 bits per heavy atom. The summed E-state index contributed by atoms with van der Waals surface area (Å²) in [4.78, 5) is 37.4. The number of carbonyl (C=O) groups excluding carboxylic acids is 3. The molecule has 0 aliphatic rings. The van der Waals surface area contributed by atoms with Crippen LogP contribution in [0.5, 0.6) is 17.2 Å². The third kappa shape index (κ3) is 9.76. The van der Waals surface area contributed by atoms with E-state index in [4.69, 9.17) is 27.8 Å². The van der Waals surface area contributed by atoms with Crippen molar-refractivity contribution < 1.29 is 46.7 Å². The Hall–Kier alpha value is -5.08. The average molecular weight is 705 g/mol. The van der Waals surface area contributed by atoms with Crippen molar-refractivity contribution in [2.75, 3.05) is 0 Å². The molecule has 11 heteroatoms. The second-order valence-corrected chi connectivity index (χ2v) is 13.6. The van der Waals surface area contributed by atoms with E-state index in [9.17, 15) is 14.4 Å². The van der Waals surface area contributed by atoms with Gasteiger partial charge in [-0.2, -0.15) is 4.57 Å². The van der Waals surface area contributed by atoms with Crippen LogP contribution in [0.3, 0.4) is 0 Å². The summed E-state index contributed by atoms with van der Waals surface area (Å²) >= 11 is 0. The van der Waals surface area contributed by atoms with E-state index in [1.165, 1.54) is 20.8 Å². The van der Waals surface area contributed by atoms with Gasteiger partial charge in [-0.05, 0) is 79.0 Å². The Labute approximate surface area is 294 Å². The van der Waals surface area contributed by atoms with Crippen molar-refractivity contribution in [2.24, 2.45) is 0 Å². The van der Waals surface area contributed by atoms with Gasteiger partial charge in [0.2, 0.25) is 0 Å². The van der Waals surface area contributed by atoms with E-state index >= 15 is 4.57 Å². The van der Waals surface area contributed by atoms with Crippen molar-refractivity contribution in [3.8, 4) is 17.2 Å². The Morgan fingerprint density at radius 2 is 0.760 bits per heavy atom. The molecule has 266 valence electrons. The molecule has 10 nitrogen and oxygen atoms in total. The first-order valence-corrected chi connectivity index (χ1v) is 17.4. The van der Waals surface area contributed by atoms with Crippen LogP contribution in [-0.2, 0) is 33.2 Å². The van der Waals surface area contributed by atoms with Gasteiger partial charge in [0.1, 0.15) is 35.6 Å². The molecule has 0 aliphatic heterocycles. The molecule has 0 aromatic heterocycles. The SMILES string of the molecule is C=C(C)C(=O)OC(C)c1cccc(C)c1OP(=O)(Oc1c(C)cccc1C(C)OC(=O)C(=C)C)Oc1c(C)cccc1C(C)OC(=O)C(=C)C. The zero-order chi connectivity index (χ0) is 37.5. The predicted octanol–water partition coefficient (Wildman–Crippen LogP) is 9.80. The fraction of sp³-hybridized carbons (Fsp3) is 0.308. The van der Waals surface area contributed by atoms with Gasteiger partial charge in [-0.1, -0.05) is 74.3 Å². The van der Waals surface area contributed by atoms with Gasteiger partial charge in [-0.15, -0.1) is 0 Å². The highest BCUT2D eigenvalue weighted by Crippen LogP contribution is 2.55. The highest BCUT2D eigenvalue weighted by Gasteiger charge is 2.39. The maximum absolute atomic E-state index is 15.3. The number of hydrogen-bond donors (Lipinski definition) is 0. The van der Waals surface area contributed by atoms with Crippen LogP contribution < -0.4 is 13.6 Å². The third-order valence-corrected chi connectivity index (χ3v) is 8.77. The predicted molar refractivity (Wildman–Crippen MR) is 191 cm³/mol. The monoisotopic (exact) mass is 704 g/mol. The van der Waals surface area contributed by atoms with Gasteiger partial charge in [0.05, 0.1) is 0 Å². The third-order valence-electron chi connectivity index (χ3n) is 7.55. The van der Waals surface area contributed by atoms with E-state index in [2.05, 4.69) is 19.7 Å². The molecule has 3 rings (SSSR count). The Bertz CT molecular complexity index is 1660. The average Bonchev–Trinajstić information content (AvgIpc) is 3.03. The Kier molecular flexibility index (Phi) is 13.0. The summed E-state index contributed by atoms with van der Waals surface area (Å²) in [7, 11) is -4.80. The normalized spacial score (nSPS) is 13.8.